The molecule has 6 heteroatoms. The zero-order valence-corrected chi connectivity index (χ0v) is 12.3. The topological polar surface area (TPSA) is 65.2 Å². The fourth-order valence-electron chi connectivity index (χ4n) is 2.40. The number of ether oxygens (including phenoxy) is 1. The normalized spacial score (nSPS) is 17.8. The molecule has 0 spiro atoms. The van der Waals surface area contributed by atoms with Crippen molar-refractivity contribution in [3.63, 3.8) is 0 Å². The first-order valence-corrected chi connectivity index (χ1v) is 7.51. The summed E-state index contributed by atoms with van der Waals surface area (Å²) in [7, 11) is 0. The third kappa shape index (κ3) is 2.75. The summed E-state index contributed by atoms with van der Waals surface area (Å²) in [6, 6.07) is 1.97. The first-order valence-electron chi connectivity index (χ1n) is 6.69. The van der Waals surface area contributed by atoms with Crippen molar-refractivity contribution in [3.8, 4) is 0 Å². The Kier molecular flexibility index (Phi) is 3.56. The van der Waals surface area contributed by atoms with Crippen LogP contribution in [-0.4, -0.2) is 16.2 Å². The molecule has 2 aromatic rings. The lowest BCUT2D eigenvalue weighted by molar-refractivity contribution is 0.0442. The van der Waals surface area contributed by atoms with Crippen LogP contribution in [0.2, 0.25) is 0 Å². The summed E-state index contributed by atoms with van der Waals surface area (Å²) in [5.41, 5.74) is 1.30. The van der Waals surface area contributed by atoms with Crippen molar-refractivity contribution >= 4 is 17.3 Å². The van der Waals surface area contributed by atoms with Gasteiger partial charge in [0.15, 0.2) is 6.61 Å². The van der Waals surface area contributed by atoms with Gasteiger partial charge in [0.2, 0.25) is 5.89 Å². The smallest absolute Gasteiger partial charge is 0.348 e. The number of fused-ring (bicyclic) bond motifs is 1. The lowest BCUT2D eigenvalue weighted by atomic mass is 9.90. The van der Waals surface area contributed by atoms with Gasteiger partial charge in [0.1, 0.15) is 4.88 Å². The van der Waals surface area contributed by atoms with Crippen LogP contribution in [-0.2, 0) is 24.2 Å². The van der Waals surface area contributed by atoms with E-state index in [1.807, 2.05) is 6.07 Å². The Morgan fingerprint density at radius 2 is 2.40 bits per heavy atom. The maximum atomic E-state index is 12.0. The van der Waals surface area contributed by atoms with Gasteiger partial charge in [0.05, 0.1) is 0 Å². The largest absolute Gasteiger partial charge is 0.451 e. The van der Waals surface area contributed by atoms with Crippen LogP contribution >= 0.6 is 11.3 Å². The minimum atomic E-state index is -0.312. The van der Waals surface area contributed by atoms with Crippen LogP contribution in [0, 0.1) is 12.8 Å². The molecule has 0 bridgehead atoms. The molecule has 0 unspecified atom stereocenters. The van der Waals surface area contributed by atoms with E-state index < -0.39 is 0 Å². The molecule has 2 heterocycles. The summed E-state index contributed by atoms with van der Waals surface area (Å²) >= 11 is 1.54. The summed E-state index contributed by atoms with van der Waals surface area (Å²) in [6.07, 6.45) is 3.32. The molecule has 0 radical (unpaired) electrons. The van der Waals surface area contributed by atoms with Gasteiger partial charge in [0, 0.05) is 11.8 Å². The maximum absolute atomic E-state index is 12.0. The van der Waals surface area contributed by atoms with Crippen molar-refractivity contribution in [2.75, 3.05) is 0 Å². The van der Waals surface area contributed by atoms with Gasteiger partial charge in [-0.3, -0.25) is 0 Å². The highest BCUT2D eigenvalue weighted by molar-refractivity contribution is 7.14. The van der Waals surface area contributed by atoms with E-state index in [1.165, 1.54) is 16.9 Å². The molecule has 1 aliphatic carbocycles. The second kappa shape index (κ2) is 5.36. The van der Waals surface area contributed by atoms with Gasteiger partial charge in [-0.2, -0.15) is 0 Å². The van der Waals surface area contributed by atoms with E-state index in [0.717, 1.165) is 12.8 Å². The number of hydrogen-bond acceptors (Lipinski definition) is 6. The van der Waals surface area contributed by atoms with Gasteiger partial charge in [-0.15, -0.1) is 21.5 Å². The van der Waals surface area contributed by atoms with E-state index in [1.54, 1.807) is 18.3 Å². The Balaban J connectivity index is 1.65. The Morgan fingerprint density at radius 1 is 1.55 bits per heavy atom. The number of aromatic nitrogens is 2. The van der Waals surface area contributed by atoms with E-state index in [0.29, 0.717) is 22.6 Å². The quantitative estimate of drug-likeness (QED) is 0.814. The fourth-order valence-corrected chi connectivity index (χ4v) is 3.50. The number of rotatable bonds is 3. The standard InChI is InChI=1S/C14H16N2O3S/c1-8-3-4-11-10(5-8)6-12(20-11)14(17)18-7-13-16-15-9(2)19-13/h6,8H,3-5,7H2,1-2H3/t8-/m1/s1. The molecule has 0 N–H and O–H groups in total. The monoisotopic (exact) mass is 292 g/mol. The second-order valence-electron chi connectivity index (χ2n) is 5.20. The molecule has 5 nitrogen and oxygen atoms in total. The second-order valence-corrected chi connectivity index (χ2v) is 6.33. The SMILES string of the molecule is Cc1nnc(COC(=O)c2cc3c(s2)CC[C@@H](C)C3)o1. The lowest BCUT2D eigenvalue weighted by Gasteiger charge is -2.16. The summed E-state index contributed by atoms with van der Waals surface area (Å²) in [4.78, 5) is 14.0. The van der Waals surface area contributed by atoms with Crippen molar-refractivity contribution in [3.05, 3.63) is 33.2 Å². The highest BCUT2D eigenvalue weighted by atomic mass is 32.1. The first kappa shape index (κ1) is 13.3. The Labute approximate surface area is 121 Å². The molecular formula is C14H16N2O3S. The molecule has 2 aromatic heterocycles. The zero-order valence-electron chi connectivity index (χ0n) is 11.5. The van der Waals surface area contributed by atoms with Crippen LogP contribution in [0.15, 0.2) is 10.5 Å². The first-order chi connectivity index (χ1) is 9.61. The van der Waals surface area contributed by atoms with Crippen molar-refractivity contribution in [1.29, 1.82) is 0 Å². The summed E-state index contributed by atoms with van der Waals surface area (Å²) in [5.74, 6) is 1.18. The highest BCUT2D eigenvalue weighted by Crippen LogP contribution is 2.32. The molecule has 1 atom stereocenters. The van der Waals surface area contributed by atoms with Crippen LogP contribution < -0.4 is 0 Å². The third-order valence-electron chi connectivity index (χ3n) is 3.43. The molecule has 0 aromatic carbocycles. The van der Waals surface area contributed by atoms with Gasteiger partial charge in [0.25, 0.3) is 5.89 Å². The molecule has 1 aliphatic rings. The number of carbonyl (C=O) groups is 1. The van der Waals surface area contributed by atoms with E-state index >= 15 is 0 Å². The summed E-state index contributed by atoms with van der Waals surface area (Å²) in [5, 5.41) is 7.49. The number of esters is 1. The predicted octanol–water partition coefficient (Wildman–Crippen LogP) is 2.92. The lowest BCUT2D eigenvalue weighted by Crippen LogP contribution is -2.08. The number of hydrogen-bond donors (Lipinski definition) is 0. The van der Waals surface area contributed by atoms with Crippen molar-refractivity contribution in [1.82, 2.24) is 10.2 Å². The Bertz CT molecular complexity index is 632. The molecule has 20 heavy (non-hydrogen) atoms. The molecule has 0 amide bonds. The van der Waals surface area contributed by atoms with Crippen LogP contribution in [0.3, 0.4) is 0 Å². The molecule has 0 saturated heterocycles. The molecule has 3 rings (SSSR count). The van der Waals surface area contributed by atoms with Crippen LogP contribution in [0.1, 0.15) is 45.2 Å². The number of aryl methyl sites for hydroxylation is 2. The summed E-state index contributed by atoms with van der Waals surface area (Å²) < 4.78 is 10.4. The average molecular weight is 292 g/mol. The van der Waals surface area contributed by atoms with Gasteiger partial charge in [-0.1, -0.05) is 6.92 Å². The van der Waals surface area contributed by atoms with Crippen LogP contribution in [0.25, 0.3) is 0 Å². The zero-order chi connectivity index (χ0) is 14.1. The molecule has 0 fully saturated rings. The Morgan fingerprint density at radius 3 is 3.15 bits per heavy atom. The molecule has 0 saturated carbocycles. The van der Waals surface area contributed by atoms with Crippen molar-refractivity contribution < 1.29 is 13.9 Å². The van der Waals surface area contributed by atoms with Gasteiger partial charge in [-0.05, 0) is 36.8 Å². The van der Waals surface area contributed by atoms with E-state index in [2.05, 4.69) is 17.1 Å². The number of thiophene rings is 1. The van der Waals surface area contributed by atoms with Crippen LogP contribution in [0.5, 0.6) is 0 Å². The Hall–Kier alpha value is -1.69. The molecule has 106 valence electrons. The number of nitrogens with zero attached hydrogens (tertiary/aromatic N) is 2. The minimum absolute atomic E-state index is 0.0264. The van der Waals surface area contributed by atoms with E-state index in [-0.39, 0.29) is 12.6 Å². The third-order valence-corrected chi connectivity index (χ3v) is 4.64. The highest BCUT2D eigenvalue weighted by Gasteiger charge is 2.21. The predicted molar refractivity (Wildman–Crippen MR) is 73.7 cm³/mol. The van der Waals surface area contributed by atoms with Crippen molar-refractivity contribution in [2.24, 2.45) is 5.92 Å². The number of carbonyl (C=O) groups excluding carboxylic acids is 1. The van der Waals surface area contributed by atoms with Crippen LogP contribution in [0.4, 0.5) is 0 Å². The molecule has 0 aliphatic heterocycles. The maximum Gasteiger partial charge on any atom is 0.348 e. The van der Waals surface area contributed by atoms with Gasteiger partial charge < -0.3 is 9.15 Å². The van der Waals surface area contributed by atoms with E-state index in [9.17, 15) is 4.79 Å². The average Bonchev–Trinajstić information content (AvgIpc) is 3.01. The molecular weight excluding hydrogens is 276 g/mol. The van der Waals surface area contributed by atoms with Crippen molar-refractivity contribution in [2.45, 2.75) is 39.7 Å². The summed E-state index contributed by atoms with van der Waals surface area (Å²) in [6.45, 7) is 3.97. The van der Waals surface area contributed by atoms with Gasteiger partial charge >= 0.3 is 5.97 Å². The minimum Gasteiger partial charge on any atom is -0.451 e. The fraction of sp³-hybridized carbons (Fsp3) is 0.500. The van der Waals surface area contributed by atoms with Gasteiger partial charge in [-0.25, -0.2) is 4.79 Å². The van der Waals surface area contributed by atoms with E-state index in [4.69, 9.17) is 9.15 Å².